The van der Waals surface area contributed by atoms with Crippen LogP contribution in [0.25, 0.3) is 32.3 Å². The second kappa shape index (κ2) is 3.21. The summed E-state index contributed by atoms with van der Waals surface area (Å²) in [5, 5.41) is 7.98. The first kappa shape index (κ1) is 9.43. The Morgan fingerprint density at radius 1 is 0.647 bits per heavy atom. The average Bonchev–Trinajstić information content (AvgIpc) is 2.37. The molecule has 0 saturated carbocycles. The molecule has 0 heterocycles. The summed E-state index contributed by atoms with van der Waals surface area (Å²) < 4.78 is 1.18. The van der Waals surface area contributed by atoms with Crippen molar-refractivity contribution in [1.82, 2.24) is 0 Å². The van der Waals surface area contributed by atoms with Crippen LogP contribution in [0.3, 0.4) is 0 Å². The third kappa shape index (κ3) is 1.18. The van der Waals surface area contributed by atoms with Crippen LogP contribution in [0, 0.1) is 0 Å². The lowest BCUT2D eigenvalue weighted by molar-refractivity contribution is 1.75. The van der Waals surface area contributed by atoms with Gasteiger partial charge in [0.15, 0.2) is 0 Å². The summed E-state index contributed by atoms with van der Waals surface area (Å²) in [6.07, 6.45) is 0. The number of hydrogen-bond acceptors (Lipinski definition) is 0. The first-order valence-corrected chi connectivity index (χ1v) is 6.46. The van der Waals surface area contributed by atoms with Crippen molar-refractivity contribution in [3.8, 4) is 0 Å². The molecule has 17 heavy (non-hydrogen) atoms. The van der Waals surface area contributed by atoms with Crippen LogP contribution >= 0.6 is 15.9 Å². The highest BCUT2D eigenvalue weighted by molar-refractivity contribution is 9.10. The molecule has 0 fully saturated rings. The molecule has 0 aliphatic heterocycles. The van der Waals surface area contributed by atoms with Crippen molar-refractivity contribution in [2.24, 2.45) is 0 Å². The Labute approximate surface area is 107 Å². The molecule has 1 heteroatoms. The van der Waals surface area contributed by atoms with Crippen molar-refractivity contribution in [2.75, 3.05) is 0 Å². The van der Waals surface area contributed by atoms with Gasteiger partial charge in [-0.15, -0.1) is 0 Å². The molecule has 4 rings (SSSR count). The second-order valence-electron chi connectivity index (χ2n) is 4.41. The normalized spacial score (nSPS) is 11.8. The summed E-state index contributed by atoms with van der Waals surface area (Å²) >= 11 is 3.68. The van der Waals surface area contributed by atoms with Gasteiger partial charge in [-0.05, 0) is 38.4 Å². The molecule has 0 spiro atoms. The van der Waals surface area contributed by atoms with Crippen LogP contribution in [0.4, 0.5) is 0 Å². The van der Waals surface area contributed by atoms with Gasteiger partial charge in [-0.3, -0.25) is 0 Å². The summed E-state index contributed by atoms with van der Waals surface area (Å²) in [6, 6.07) is 19.6. The van der Waals surface area contributed by atoms with Crippen LogP contribution in [-0.4, -0.2) is 0 Å². The highest BCUT2D eigenvalue weighted by Crippen LogP contribution is 2.37. The van der Waals surface area contributed by atoms with Gasteiger partial charge in [0.25, 0.3) is 0 Å². The lowest BCUT2D eigenvalue weighted by Crippen LogP contribution is -1.84. The molecule has 0 aromatic heterocycles. The topological polar surface area (TPSA) is 0 Å². The fraction of sp³-hybridized carbons (Fsp3) is 0. The Morgan fingerprint density at radius 3 is 2.12 bits per heavy atom. The SMILES string of the molecule is Brc1cc2cccc3ccc4cccc1c4c32. The van der Waals surface area contributed by atoms with Crippen molar-refractivity contribution in [3.63, 3.8) is 0 Å². The van der Waals surface area contributed by atoms with Crippen LogP contribution in [0.1, 0.15) is 0 Å². The molecule has 4 aromatic carbocycles. The maximum Gasteiger partial charge on any atom is 0.0260 e. The molecule has 0 N–H and O–H groups in total. The largest absolute Gasteiger partial charge is 0.0610 e. The molecule has 0 amide bonds. The van der Waals surface area contributed by atoms with Gasteiger partial charge in [0, 0.05) is 4.47 Å². The number of hydrogen-bond donors (Lipinski definition) is 0. The van der Waals surface area contributed by atoms with Crippen molar-refractivity contribution in [1.29, 1.82) is 0 Å². The fourth-order valence-electron chi connectivity index (χ4n) is 2.72. The van der Waals surface area contributed by atoms with E-state index in [4.69, 9.17) is 0 Å². The molecular weight excluding hydrogens is 272 g/mol. The third-order valence-corrected chi connectivity index (χ3v) is 4.11. The van der Waals surface area contributed by atoms with E-state index in [0.29, 0.717) is 0 Å². The fourth-order valence-corrected chi connectivity index (χ4v) is 3.29. The van der Waals surface area contributed by atoms with Crippen molar-refractivity contribution in [2.45, 2.75) is 0 Å². The van der Waals surface area contributed by atoms with Crippen LogP contribution in [-0.2, 0) is 0 Å². The predicted octanol–water partition coefficient (Wildman–Crippen LogP) is 5.35. The van der Waals surface area contributed by atoms with E-state index in [1.54, 1.807) is 0 Å². The minimum absolute atomic E-state index is 1.18. The first-order valence-electron chi connectivity index (χ1n) is 5.67. The van der Waals surface area contributed by atoms with E-state index in [-0.39, 0.29) is 0 Å². The molecule has 4 aromatic rings. The van der Waals surface area contributed by atoms with Crippen LogP contribution in [0.5, 0.6) is 0 Å². The summed E-state index contributed by atoms with van der Waals surface area (Å²) in [6.45, 7) is 0. The standard InChI is InChI=1S/C16H9Br/c17-14-9-12-5-1-3-10-7-8-11-4-2-6-13(14)16(11)15(10)12/h1-9H. The monoisotopic (exact) mass is 280 g/mol. The maximum absolute atomic E-state index is 3.68. The van der Waals surface area contributed by atoms with E-state index in [1.165, 1.54) is 36.8 Å². The predicted molar refractivity (Wildman–Crippen MR) is 77.8 cm³/mol. The van der Waals surface area contributed by atoms with Gasteiger partial charge in [0.05, 0.1) is 0 Å². The summed E-state index contributed by atoms with van der Waals surface area (Å²) in [5.74, 6) is 0. The molecule has 0 atom stereocenters. The van der Waals surface area contributed by atoms with Crippen molar-refractivity contribution in [3.05, 3.63) is 59.1 Å². The highest BCUT2D eigenvalue weighted by atomic mass is 79.9. The molecule has 0 unspecified atom stereocenters. The molecule has 0 aliphatic rings. The molecule has 0 aliphatic carbocycles. The van der Waals surface area contributed by atoms with Gasteiger partial charge in [0.1, 0.15) is 0 Å². The van der Waals surface area contributed by atoms with Gasteiger partial charge in [-0.1, -0.05) is 64.5 Å². The van der Waals surface area contributed by atoms with Gasteiger partial charge < -0.3 is 0 Å². The zero-order valence-electron chi connectivity index (χ0n) is 9.07. The van der Waals surface area contributed by atoms with Crippen molar-refractivity contribution < 1.29 is 0 Å². The molecule has 0 radical (unpaired) electrons. The molecule has 0 nitrogen and oxygen atoms in total. The van der Waals surface area contributed by atoms with Gasteiger partial charge >= 0.3 is 0 Å². The molecular formula is C16H9Br. The smallest absolute Gasteiger partial charge is 0.0260 e. The number of halogens is 1. The van der Waals surface area contributed by atoms with E-state index < -0.39 is 0 Å². The van der Waals surface area contributed by atoms with E-state index in [0.717, 1.165) is 0 Å². The maximum atomic E-state index is 3.68. The minimum Gasteiger partial charge on any atom is -0.0610 e. The Bertz CT molecular complexity index is 846. The summed E-state index contributed by atoms with van der Waals surface area (Å²) in [4.78, 5) is 0. The van der Waals surface area contributed by atoms with Crippen LogP contribution in [0.15, 0.2) is 59.1 Å². The summed E-state index contributed by atoms with van der Waals surface area (Å²) in [5.41, 5.74) is 0. The Hall–Kier alpha value is -1.60. The minimum atomic E-state index is 1.18. The molecule has 80 valence electrons. The Kier molecular flexibility index (Phi) is 1.78. The average molecular weight is 281 g/mol. The first-order chi connectivity index (χ1) is 8.34. The third-order valence-electron chi connectivity index (χ3n) is 3.46. The lowest BCUT2D eigenvalue weighted by Gasteiger charge is -2.11. The van der Waals surface area contributed by atoms with Crippen LogP contribution < -0.4 is 0 Å². The second-order valence-corrected chi connectivity index (χ2v) is 5.26. The van der Waals surface area contributed by atoms with Crippen molar-refractivity contribution >= 4 is 48.2 Å². The Morgan fingerprint density at radius 2 is 1.29 bits per heavy atom. The van der Waals surface area contributed by atoms with E-state index in [9.17, 15) is 0 Å². The number of benzene rings is 4. The zero-order chi connectivity index (χ0) is 11.4. The Balaban J connectivity index is 2.50. The quantitative estimate of drug-likeness (QED) is 0.381. The van der Waals surface area contributed by atoms with E-state index in [1.807, 2.05) is 0 Å². The molecule has 0 bridgehead atoms. The lowest BCUT2D eigenvalue weighted by atomic mass is 9.94. The zero-order valence-corrected chi connectivity index (χ0v) is 10.7. The highest BCUT2D eigenvalue weighted by Gasteiger charge is 2.09. The number of rotatable bonds is 0. The molecule has 0 saturated heterocycles. The van der Waals surface area contributed by atoms with Gasteiger partial charge in [-0.2, -0.15) is 0 Å². The van der Waals surface area contributed by atoms with Gasteiger partial charge in [-0.25, -0.2) is 0 Å². The van der Waals surface area contributed by atoms with Gasteiger partial charge in [0.2, 0.25) is 0 Å². The summed E-state index contributed by atoms with van der Waals surface area (Å²) in [7, 11) is 0. The van der Waals surface area contributed by atoms with Crippen LogP contribution in [0.2, 0.25) is 0 Å². The van der Waals surface area contributed by atoms with E-state index in [2.05, 4.69) is 70.5 Å². The van der Waals surface area contributed by atoms with E-state index >= 15 is 0 Å².